The minimum atomic E-state index is -3.09. The molecular formula is C15H17FN4O3S. The minimum absolute atomic E-state index is 0.0459. The Morgan fingerprint density at radius 2 is 2.08 bits per heavy atom. The summed E-state index contributed by atoms with van der Waals surface area (Å²) in [6.07, 6.45) is 0.408. The molecular weight excluding hydrogens is 335 g/mol. The number of halogens is 1. The molecule has 0 bridgehead atoms. The number of nitrogens with zero attached hydrogens (tertiary/aromatic N) is 4. The van der Waals surface area contributed by atoms with Crippen LogP contribution in [0.15, 0.2) is 24.3 Å². The summed E-state index contributed by atoms with van der Waals surface area (Å²) in [5.74, 6) is -0.858. The largest absolute Gasteiger partial charge is 0.336 e. The lowest BCUT2D eigenvalue weighted by molar-refractivity contribution is 0.0741. The van der Waals surface area contributed by atoms with Gasteiger partial charge in [-0.05, 0) is 25.5 Å². The quantitative estimate of drug-likeness (QED) is 0.822. The van der Waals surface area contributed by atoms with Gasteiger partial charge in [0.2, 0.25) is 0 Å². The number of aromatic nitrogens is 3. The van der Waals surface area contributed by atoms with Gasteiger partial charge in [-0.1, -0.05) is 17.3 Å². The third-order valence-corrected chi connectivity index (χ3v) is 6.00. The van der Waals surface area contributed by atoms with Crippen molar-refractivity contribution in [2.75, 3.05) is 18.6 Å². The van der Waals surface area contributed by atoms with E-state index in [0.717, 1.165) is 0 Å². The molecule has 1 amide bonds. The standard InChI is InChI=1S/C15H17FN4O3S/c1-10-14(15(21)19(2)11-7-8-24(22,23)9-11)17-18-20(10)13-6-4-3-5-12(13)16/h3-6,11H,7-9H2,1-2H3. The Morgan fingerprint density at radius 3 is 2.71 bits per heavy atom. The Morgan fingerprint density at radius 1 is 1.38 bits per heavy atom. The molecule has 1 aliphatic rings. The molecule has 1 atom stereocenters. The number of hydrogen-bond acceptors (Lipinski definition) is 5. The number of para-hydroxylation sites is 1. The lowest BCUT2D eigenvalue weighted by atomic mass is 10.2. The molecule has 7 nitrogen and oxygen atoms in total. The molecule has 2 aromatic rings. The van der Waals surface area contributed by atoms with Crippen LogP contribution >= 0.6 is 0 Å². The van der Waals surface area contributed by atoms with E-state index in [1.165, 1.54) is 15.6 Å². The van der Waals surface area contributed by atoms with Crippen LogP contribution in [0.1, 0.15) is 22.6 Å². The summed E-state index contributed by atoms with van der Waals surface area (Å²) in [5, 5.41) is 7.73. The second kappa shape index (κ2) is 5.97. The molecule has 24 heavy (non-hydrogen) atoms. The van der Waals surface area contributed by atoms with Crippen molar-refractivity contribution < 1.29 is 17.6 Å². The van der Waals surface area contributed by atoms with Crippen LogP contribution in [0, 0.1) is 12.7 Å². The van der Waals surface area contributed by atoms with Crippen molar-refractivity contribution in [2.45, 2.75) is 19.4 Å². The van der Waals surface area contributed by atoms with Crippen molar-refractivity contribution in [1.29, 1.82) is 0 Å². The zero-order valence-electron chi connectivity index (χ0n) is 13.3. The highest BCUT2D eigenvalue weighted by atomic mass is 32.2. The van der Waals surface area contributed by atoms with E-state index in [9.17, 15) is 17.6 Å². The third kappa shape index (κ3) is 2.91. The van der Waals surface area contributed by atoms with Gasteiger partial charge in [-0.15, -0.1) is 5.10 Å². The van der Waals surface area contributed by atoms with Crippen molar-refractivity contribution >= 4 is 15.7 Å². The van der Waals surface area contributed by atoms with Crippen LogP contribution in [-0.4, -0.2) is 58.8 Å². The minimum Gasteiger partial charge on any atom is -0.336 e. The monoisotopic (exact) mass is 352 g/mol. The summed E-state index contributed by atoms with van der Waals surface area (Å²) in [6.45, 7) is 1.62. The highest BCUT2D eigenvalue weighted by molar-refractivity contribution is 7.91. The van der Waals surface area contributed by atoms with Crippen LogP contribution < -0.4 is 0 Å². The first-order valence-corrected chi connectivity index (χ1v) is 9.27. The molecule has 1 fully saturated rings. The van der Waals surface area contributed by atoms with E-state index in [0.29, 0.717) is 12.1 Å². The van der Waals surface area contributed by atoms with E-state index in [4.69, 9.17) is 0 Å². The van der Waals surface area contributed by atoms with Crippen LogP contribution in [0.25, 0.3) is 5.69 Å². The van der Waals surface area contributed by atoms with Crippen molar-refractivity contribution in [3.8, 4) is 5.69 Å². The maximum Gasteiger partial charge on any atom is 0.276 e. The lowest BCUT2D eigenvalue weighted by Crippen LogP contribution is -2.38. The van der Waals surface area contributed by atoms with E-state index >= 15 is 0 Å². The van der Waals surface area contributed by atoms with Gasteiger partial charge < -0.3 is 4.90 Å². The van der Waals surface area contributed by atoms with E-state index in [1.54, 1.807) is 32.2 Å². The van der Waals surface area contributed by atoms with Gasteiger partial charge in [0, 0.05) is 13.1 Å². The number of rotatable bonds is 3. The van der Waals surface area contributed by atoms with E-state index < -0.39 is 21.6 Å². The van der Waals surface area contributed by atoms with Gasteiger partial charge in [-0.3, -0.25) is 4.79 Å². The third-order valence-electron chi connectivity index (χ3n) is 4.25. The van der Waals surface area contributed by atoms with E-state index in [2.05, 4.69) is 10.3 Å². The molecule has 0 aliphatic carbocycles. The molecule has 0 saturated carbocycles. The SMILES string of the molecule is Cc1c(C(=O)N(C)C2CCS(=O)(=O)C2)nnn1-c1ccccc1F. The fraction of sp³-hybridized carbons (Fsp3) is 0.400. The summed E-state index contributed by atoms with van der Waals surface area (Å²) in [5.41, 5.74) is 0.690. The number of sulfone groups is 1. The molecule has 9 heteroatoms. The number of benzene rings is 1. The topological polar surface area (TPSA) is 85.2 Å². The van der Waals surface area contributed by atoms with Crippen LogP contribution in [0.3, 0.4) is 0 Å². The second-order valence-corrected chi connectivity index (χ2v) is 8.09. The number of amides is 1. The Balaban J connectivity index is 1.88. The molecule has 1 aromatic carbocycles. The fourth-order valence-electron chi connectivity index (χ4n) is 2.79. The summed E-state index contributed by atoms with van der Waals surface area (Å²) in [7, 11) is -1.54. The normalized spacial score (nSPS) is 19.4. The first kappa shape index (κ1) is 16.6. The van der Waals surface area contributed by atoms with E-state index in [1.807, 2.05) is 0 Å². The Bertz CT molecular complexity index is 894. The van der Waals surface area contributed by atoms with Gasteiger partial charge in [0.05, 0.1) is 17.2 Å². The number of carbonyl (C=O) groups excluding carboxylic acids is 1. The first-order chi connectivity index (χ1) is 11.3. The maximum absolute atomic E-state index is 13.9. The van der Waals surface area contributed by atoms with Gasteiger partial charge in [0.15, 0.2) is 15.5 Å². The zero-order valence-corrected chi connectivity index (χ0v) is 14.1. The Hall–Kier alpha value is -2.29. The van der Waals surface area contributed by atoms with Gasteiger partial charge >= 0.3 is 0 Å². The Labute approximate surface area is 139 Å². The molecule has 128 valence electrons. The molecule has 3 rings (SSSR count). The van der Waals surface area contributed by atoms with Gasteiger partial charge in [0.1, 0.15) is 11.5 Å². The van der Waals surface area contributed by atoms with Crippen LogP contribution in [0.2, 0.25) is 0 Å². The smallest absolute Gasteiger partial charge is 0.276 e. The highest BCUT2D eigenvalue weighted by Gasteiger charge is 2.34. The number of hydrogen-bond donors (Lipinski definition) is 0. The molecule has 2 heterocycles. The number of carbonyl (C=O) groups is 1. The van der Waals surface area contributed by atoms with Crippen molar-refractivity contribution in [3.05, 3.63) is 41.5 Å². The first-order valence-electron chi connectivity index (χ1n) is 7.45. The average molecular weight is 352 g/mol. The molecule has 0 N–H and O–H groups in total. The molecule has 1 saturated heterocycles. The predicted molar refractivity (Wildman–Crippen MR) is 85.2 cm³/mol. The van der Waals surface area contributed by atoms with Gasteiger partial charge in [-0.25, -0.2) is 17.5 Å². The predicted octanol–water partition coefficient (Wildman–Crippen LogP) is 0.974. The molecule has 1 unspecified atom stereocenters. The summed E-state index contributed by atoms with van der Waals surface area (Å²) >= 11 is 0. The molecule has 1 aromatic heterocycles. The van der Waals surface area contributed by atoms with Crippen molar-refractivity contribution in [1.82, 2.24) is 19.9 Å². The molecule has 0 spiro atoms. The summed E-state index contributed by atoms with van der Waals surface area (Å²) in [4.78, 5) is 14.0. The second-order valence-electron chi connectivity index (χ2n) is 5.86. The van der Waals surface area contributed by atoms with Crippen LogP contribution in [0.4, 0.5) is 4.39 Å². The van der Waals surface area contributed by atoms with Crippen molar-refractivity contribution in [3.63, 3.8) is 0 Å². The van der Waals surface area contributed by atoms with Crippen LogP contribution in [-0.2, 0) is 9.84 Å². The average Bonchev–Trinajstić information content (AvgIpc) is 3.09. The summed E-state index contributed by atoms with van der Waals surface area (Å²) < 4.78 is 38.3. The molecule has 1 aliphatic heterocycles. The lowest BCUT2D eigenvalue weighted by Gasteiger charge is -2.22. The maximum atomic E-state index is 13.9. The van der Waals surface area contributed by atoms with E-state index in [-0.39, 0.29) is 28.9 Å². The summed E-state index contributed by atoms with van der Waals surface area (Å²) in [6, 6.07) is 5.69. The highest BCUT2D eigenvalue weighted by Crippen LogP contribution is 2.20. The van der Waals surface area contributed by atoms with Crippen molar-refractivity contribution in [2.24, 2.45) is 0 Å². The van der Waals surface area contributed by atoms with Crippen LogP contribution in [0.5, 0.6) is 0 Å². The fourth-order valence-corrected chi connectivity index (χ4v) is 4.57. The van der Waals surface area contributed by atoms with Gasteiger partial charge in [-0.2, -0.15) is 0 Å². The van der Waals surface area contributed by atoms with Gasteiger partial charge in [0.25, 0.3) is 5.91 Å². The Kier molecular flexibility index (Phi) is 4.12. The molecule has 0 radical (unpaired) electrons. The zero-order chi connectivity index (χ0) is 17.5.